The van der Waals surface area contributed by atoms with E-state index in [0.717, 1.165) is 52.1 Å². The fraction of sp³-hybridized carbons (Fsp3) is 0.558. The van der Waals surface area contributed by atoms with Crippen LogP contribution in [0.2, 0.25) is 0 Å². The molecule has 10 bridgehead atoms. The van der Waals surface area contributed by atoms with Gasteiger partial charge in [-0.3, -0.25) is 48.6 Å². The molecule has 12 N–H and O–H groups in total. The normalized spacial score (nSPS) is 33.5. The lowest BCUT2D eigenvalue weighted by Crippen LogP contribution is -2.44. The molecule has 12 rings (SSSR count). The van der Waals surface area contributed by atoms with E-state index in [2.05, 4.69) is 44.5 Å². The van der Waals surface area contributed by atoms with Crippen molar-refractivity contribution in [3.63, 3.8) is 0 Å². The summed E-state index contributed by atoms with van der Waals surface area (Å²) in [6.07, 6.45) is 14.0. The van der Waals surface area contributed by atoms with Crippen molar-refractivity contribution in [2.24, 2.45) is 69.4 Å². The van der Waals surface area contributed by atoms with Gasteiger partial charge in [0, 0.05) is 129 Å². The highest BCUT2D eigenvalue weighted by atomic mass is 16.7. The number of aliphatic hydroxyl groups excluding tert-OH is 6. The average Bonchev–Trinajstić information content (AvgIpc) is 1.56. The van der Waals surface area contributed by atoms with Crippen LogP contribution in [-0.4, -0.2) is 232 Å². The van der Waals surface area contributed by atoms with E-state index in [-0.39, 0.29) is 95.8 Å². The predicted molar refractivity (Wildman–Crippen MR) is 432 cm³/mol. The Hall–Kier alpha value is -9.26. The molecule has 8 heterocycles. The van der Waals surface area contributed by atoms with Gasteiger partial charge in [0.25, 0.3) is 23.4 Å². The number of hydrogen-bond donors (Lipinski definition) is 12. The van der Waals surface area contributed by atoms with Crippen LogP contribution in [0.1, 0.15) is 182 Å². The van der Waals surface area contributed by atoms with Gasteiger partial charge in [0.2, 0.25) is 5.78 Å². The fourth-order valence-electron chi connectivity index (χ4n) is 15.7. The third kappa shape index (κ3) is 18.0. The fourth-order valence-corrected chi connectivity index (χ4v) is 15.7. The molecule has 2 saturated heterocycles. The van der Waals surface area contributed by atoms with E-state index >= 15 is 0 Å². The van der Waals surface area contributed by atoms with Crippen molar-refractivity contribution in [1.29, 1.82) is 0 Å². The van der Waals surface area contributed by atoms with Crippen LogP contribution in [0.3, 0.4) is 0 Å². The van der Waals surface area contributed by atoms with Crippen molar-refractivity contribution in [3.8, 4) is 34.5 Å². The minimum absolute atomic E-state index is 0.0252. The van der Waals surface area contributed by atoms with Crippen molar-refractivity contribution < 1.29 is 98.8 Å². The number of ketones is 4. The number of phenolic OH excluding ortho intramolecular Hbond substituents is 4. The molecule has 18 atom stereocenters. The van der Waals surface area contributed by atoms with Crippen molar-refractivity contribution >= 4 is 63.8 Å². The number of carbonyl (C=O) groups is 6. The van der Waals surface area contributed by atoms with Gasteiger partial charge in [0.1, 0.15) is 34.4 Å². The highest BCUT2D eigenvalue weighted by molar-refractivity contribution is 6.38. The molecule has 8 aliphatic heterocycles. The summed E-state index contributed by atoms with van der Waals surface area (Å²) in [4.78, 5) is 89.7. The molecule has 9 aliphatic rings. The van der Waals surface area contributed by atoms with Gasteiger partial charge in [-0.25, -0.2) is 0 Å². The standard InChI is InChI=1S/C43H60N4O10.C43H58N4O10/c2*1-10-15-46-16-18-47(19-17-46)44-21-29-33-39(53)31-30(38(29)52)32-40(28(8)37(31)51)57-43(9,41(32)54)56-20-14-22(2)25(5)35(49)27(7)36(50)26(6)34(48)23(3)12-11-13-24(4)42(55)45-33/h11-14,20-23,25-27,34-36,48-53H,10,15-19H2,1-9H3,(H,45,55);11-14,20-23,25-27,34-36,48-51H,10,15-19H2,1-9H3,(H,45,55)/b2*12-11+,20-14+,24-13-,44-21+/t2*22-,23-,25+,26+,27-,34-,35+,36+,43-/m00/s1. The van der Waals surface area contributed by atoms with Crippen molar-refractivity contribution in [2.75, 3.05) is 70.8 Å². The molecule has 0 aromatic heterocycles. The number of aromatic hydroxyl groups is 4. The number of nitrogens with one attached hydrogen (secondary N) is 2. The Morgan fingerprint density at radius 2 is 0.860 bits per heavy atom. The van der Waals surface area contributed by atoms with Gasteiger partial charge >= 0.3 is 11.6 Å². The monoisotopic (exact) mass is 1580 g/mol. The van der Waals surface area contributed by atoms with Gasteiger partial charge < -0.3 is 80.6 Å². The minimum Gasteiger partial charge on any atom is -0.507 e. The highest BCUT2D eigenvalue weighted by Gasteiger charge is 2.54. The van der Waals surface area contributed by atoms with Gasteiger partial charge in [-0.1, -0.05) is 120 Å². The first-order valence-corrected chi connectivity index (χ1v) is 39.8. The van der Waals surface area contributed by atoms with Crippen molar-refractivity contribution in [3.05, 3.63) is 122 Å². The van der Waals surface area contributed by atoms with Crippen molar-refractivity contribution in [2.45, 2.75) is 186 Å². The third-order valence-corrected chi connectivity index (χ3v) is 24.3. The van der Waals surface area contributed by atoms with Crippen LogP contribution in [0.4, 0.5) is 5.69 Å². The number of Topliss-reactive ketones (excluding diaryl/α,β-unsaturated/α-hetero) is 4. The second-order valence-corrected chi connectivity index (χ2v) is 32.4. The summed E-state index contributed by atoms with van der Waals surface area (Å²) in [6, 6.07) is 0. The summed E-state index contributed by atoms with van der Waals surface area (Å²) in [7, 11) is 0. The molecule has 114 heavy (non-hydrogen) atoms. The molecule has 1 aliphatic carbocycles. The molecular weight excluding hydrogens is 1460 g/mol. The number of carbonyl (C=O) groups excluding carboxylic acids is 6. The van der Waals surface area contributed by atoms with Crippen LogP contribution in [0.15, 0.2) is 93.8 Å². The van der Waals surface area contributed by atoms with Crippen LogP contribution in [-0.2, 0) is 19.1 Å². The maximum absolute atomic E-state index is 14.6. The van der Waals surface area contributed by atoms with E-state index in [4.69, 9.17) is 18.9 Å². The number of ether oxygens (including phenoxy) is 4. The number of aliphatic hydroxyl groups is 6. The second-order valence-electron chi connectivity index (χ2n) is 32.4. The number of amides is 2. The lowest BCUT2D eigenvalue weighted by Gasteiger charge is -2.35. The van der Waals surface area contributed by atoms with Crippen LogP contribution in [0.5, 0.6) is 34.5 Å². The smallest absolute Gasteiger partial charge is 0.312 e. The van der Waals surface area contributed by atoms with E-state index in [1.807, 2.05) is 32.7 Å². The summed E-state index contributed by atoms with van der Waals surface area (Å²) in [6.45, 7) is 38.0. The molecule has 3 aromatic carbocycles. The van der Waals surface area contributed by atoms with E-state index in [1.165, 1.54) is 71.7 Å². The minimum atomic E-state index is -2.00. The molecule has 0 saturated carbocycles. The quantitative estimate of drug-likeness (QED) is 0.0567. The number of benzene rings is 3. The number of hydrogen-bond acceptors (Lipinski definition) is 26. The summed E-state index contributed by atoms with van der Waals surface area (Å²) < 4.78 is 24.1. The first kappa shape index (κ1) is 88.7. The zero-order valence-electron chi connectivity index (χ0n) is 68.9. The van der Waals surface area contributed by atoms with Crippen LogP contribution >= 0.6 is 0 Å². The summed E-state index contributed by atoms with van der Waals surface area (Å²) >= 11 is 0. The van der Waals surface area contributed by atoms with Crippen molar-refractivity contribution in [1.82, 2.24) is 25.1 Å². The van der Waals surface area contributed by atoms with Crippen LogP contribution < -0.4 is 20.1 Å². The summed E-state index contributed by atoms with van der Waals surface area (Å²) in [5.41, 5.74) is -1.76. The molecule has 3 aromatic rings. The zero-order valence-corrected chi connectivity index (χ0v) is 68.9. The number of fused-ring (bicyclic) bond motifs is 28. The summed E-state index contributed by atoms with van der Waals surface area (Å²) in [5.74, 6) is -15.7. The number of nitrogens with zero attached hydrogens (tertiary/aromatic N) is 6. The van der Waals surface area contributed by atoms with E-state index in [9.17, 15) is 79.8 Å². The van der Waals surface area contributed by atoms with Gasteiger partial charge in [0.05, 0.1) is 106 Å². The van der Waals surface area contributed by atoms with Gasteiger partial charge in [-0.2, -0.15) is 10.2 Å². The van der Waals surface area contributed by atoms with E-state index < -0.39 is 159 Å². The third-order valence-electron chi connectivity index (χ3n) is 24.3. The molecule has 2 fully saturated rings. The molecule has 622 valence electrons. The summed E-state index contributed by atoms with van der Waals surface area (Å²) in [5, 5.41) is 132. The number of hydrazone groups is 2. The maximum Gasteiger partial charge on any atom is 0.312 e. The Morgan fingerprint density at radius 1 is 0.456 bits per heavy atom. The van der Waals surface area contributed by atoms with Crippen LogP contribution in [0, 0.1) is 73.0 Å². The molecule has 0 radical (unpaired) electrons. The van der Waals surface area contributed by atoms with E-state index in [0.29, 0.717) is 26.2 Å². The Balaban J connectivity index is 0.000000261. The number of phenols is 4. The largest absolute Gasteiger partial charge is 0.507 e. The first-order chi connectivity index (χ1) is 53.7. The predicted octanol–water partition coefficient (Wildman–Crippen LogP) is 9.23. The molecule has 2 amide bonds. The Bertz CT molecular complexity index is 4450. The lowest BCUT2D eigenvalue weighted by molar-refractivity contribution is -0.116. The second kappa shape index (κ2) is 36.7. The van der Waals surface area contributed by atoms with Gasteiger partial charge in [-0.05, 0) is 89.4 Å². The van der Waals surface area contributed by atoms with Crippen LogP contribution in [0.25, 0.3) is 10.8 Å². The molecule has 28 heteroatoms. The van der Waals surface area contributed by atoms with E-state index in [1.54, 1.807) is 89.9 Å². The highest BCUT2D eigenvalue weighted by Crippen LogP contribution is 2.56. The zero-order chi connectivity index (χ0) is 84.2. The Kier molecular flexibility index (Phi) is 28.5. The topological polar surface area (TPSA) is 403 Å². The molecule has 0 spiro atoms. The maximum atomic E-state index is 14.6. The Morgan fingerprint density at radius 3 is 1.32 bits per heavy atom. The first-order valence-electron chi connectivity index (χ1n) is 39.8. The molecule has 28 nitrogen and oxygen atoms in total. The average molecular weight is 1580 g/mol. The van der Waals surface area contributed by atoms with Gasteiger partial charge in [0.15, 0.2) is 11.5 Å². The molecular formula is C86H118N8O20. The SMILES string of the molecule is CCCN1CCN(/N=C/C2=C3NC(=O)/C(C)=C\C=C\[C@H](C)[C@H](O)[C@@H](C)[C@@H](O)[C@@H](C)[C@H](O)[C@H](C)[C@@H](C)/C=C/O[C@@]4(C)Oc5c(C)c(O)c(c(c5C4=O)C2=O)C3=O)CC1.CCCN1CCN(/N=C/c2c3c(O)c4c(O)c(C)c5c(c4c2O)C(=O)[C@@](C)(O/C=C/[C@H](C)[C@@H](C)[C@@H](O)[C@H](C)[C@H](O)[C@H](C)[C@@H](O)[C@@H](C)/C=C/C=C(/C)C(=O)N3)O5)CC1. The number of allylic oxidation sites excluding steroid dienone is 8. The Labute approximate surface area is 667 Å². The van der Waals surface area contributed by atoms with Gasteiger partial charge in [-0.15, -0.1) is 0 Å². The molecule has 0 unspecified atom stereocenters. The number of piperazine rings is 2. The number of anilines is 1. The number of rotatable bonds is 8. The lowest BCUT2D eigenvalue weighted by atomic mass is 9.77.